The summed E-state index contributed by atoms with van der Waals surface area (Å²) in [5, 5.41) is 2.83. The maximum Gasteiger partial charge on any atom is 0.248 e. The van der Waals surface area contributed by atoms with E-state index < -0.39 is 11.1 Å². The molecule has 0 aromatic carbocycles. The number of carbonyl (C=O) groups is 2. The van der Waals surface area contributed by atoms with Crippen molar-refractivity contribution in [2.45, 2.75) is 58.7 Å². The molecule has 2 rings (SSSR count). The monoisotopic (exact) mass is 289 g/mol. The van der Waals surface area contributed by atoms with Gasteiger partial charge in [0.25, 0.3) is 0 Å². The van der Waals surface area contributed by atoms with Gasteiger partial charge in [-0.05, 0) is 45.7 Å². The maximum absolute atomic E-state index is 12.8. The van der Waals surface area contributed by atoms with E-state index in [0.29, 0.717) is 13.0 Å². The summed E-state index contributed by atoms with van der Waals surface area (Å²) >= 11 is 0. The quantitative estimate of drug-likeness (QED) is 0.923. The summed E-state index contributed by atoms with van der Waals surface area (Å²) in [5.74, 6) is -0.181. The number of hydrogen-bond donors (Lipinski definition) is 1. The van der Waals surface area contributed by atoms with Crippen molar-refractivity contribution in [1.29, 1.82) is 0 Å². The summed E-state index contributed by atoms with van der Waals surface area (Å²) in [4.78, 5) is 31.3. The predicted molar refractivity (Wildman–Crippen MR) is 80.4 cm³/mol. The highest BCUT2D eigenvalue weighted by atomic mass is 16.2. The minimum atomic E-state index is -0.881. The van der Waals surface area contributed by atoms with Gasteiger partial charge in [0, 0.05) is 6.20 Å². The standard InChI is InChI=1S/C16H23N3O2/c1-6-16(5)13(20)18-15(3,4)14(21)19(16)10-12-11(2)8-7-9-17-12/h7-9H,6,10H2,1-5H3,(H,18,20). The average Bonchev–Trinajstić information content (AvgIpc) is 2.43. The molecule has 114 valence electrons. The fraction of sp³-hybridized carbons (Fsp3) is 0.562. The van der Waals surface area contributed by atoms with E-state index in [1.165, 1.54) is 0 Å². The Bertz CT molecular complexity index is 583. The Morgan fingerprint density at radius 3 is 2.52 bits per heavy atom. The van der Waals surface area contributed by atoms with Gasteiger partial charge < -0.3 is 10.2 Å². The van der Waals surface area contributed by atoms with Crippen LogP contribution in [0.25, 0.3) is 0 Å². The Labute approximate surface area is 125 Å². The predicted octanol–water partition coefficient (Wildman–Crippen LogP) is 1.80. The van der Waals surface area contributed by atoms with Gasteiger partial charge in [0.15, 0.2) is 0 Å². The first-order valence-corrected chi connectivity index (χ1v) is 7.27. The molecule has 0 bridgehead atoms. The van der Waals surface area contributed by atoms with Gasteiger partial charge in [-0.15, -0.1) is 0 Å². The van der Waals surface area contributed by atoms with Crippen LogP contribution in [0.5, 0.6) is 0 Å². The zero-order chi connectivity index (χ0) is 15.8. The molecule has 21 heavy (non-hydrogen) atoms. The second-order valence-electron chi connectivity index (χ2n) is 6.36. The van der Waals surface area contributed by atoms with E-state index in [1.54, 1.807) is 24.9 Å². The van der Waals surface area contributed by atoms with E-state index in [4.69, 9.17) is 0 Å². The lowest BCUT2D eigenvalue weighted by Crippen LogP contribution is -2.72. The van der Waals surface area contributed by atoms with E-state index in [-0.39, 0.29) is 11.8 Å². The smallest absolute Gasteiger partial charge is 0.248 e. The van der Waals surface area contributed by atoms with Crippen molar-refractivity contribution in [3.63, 3.8) is 0 Å². The second kappa shape index (κ2) is 5.13. The van der Waals surface area contributed by atoms with E-state index in [1.807, 2.05) is 32.9 Å². The fourth-order valence-corrected chi connectivity index (χ4v) is 2.59. The molecule has 1 fully saturated rings. The molecule has 1 aromatic heterocycles. The van der Waals surface area contributed by atoms with Crippen molar-refractivity contribution in [3.05, 3.63) is 29.6 Å². The van der Waals surface area contributed by atoms with Crippen LogP contribution in [-0.2, 0) is 16.1 Å². The highest BCUT2D eigenvalue weighted by Gasteiger charge is 2.51. The van der Waals surface area contributed by atoms with Crippen molar-refractivity contribution in [2.24, 2.45) is 0 Å². The molecular weight excluding hydrogens is 266 g/mol. The van der Waals surface area contributed by atoms with E-state index in [0.717, 1.165) is 11.3 Å². The first kappa shape index (κ1) is 15.5. The molecule has 2 heterocycles. The minimum Gasteiger partial charge on any atom is -0.340 e. The van der Waals surface area contributed by atoms with Gasteiger partial charge in [0.1, 0.15) is 11.1 Å². The third-order valence-corrected chi connectivity index (χ3v) is 4.40. The number of carbonyl (C=O) groups excluding carboxylic acids is 2. The van der Waals surface area contributed by atoms with Crippen LogP contribution in [0.2, 0.25) is 0 Å². The van der Waals surface area contributed by atoms with Crippen LogP contribution < -0.4 is 5.32 Å². The summed E-state index contributed by atoms with van der Waals surface area (Å²) < 4.78 is 0. The maximum atomic E-state index is 12.8. The van der Waals surface area contributed by atoms with Crippen molar-refractivity contribution in [3.8, 4) is 0 Å². The Morgan fingerprint density at radius 2 is 1.95 bits per heavy atom. The van der Waals surface area contributed by atoms with Crippen LogP contribution in [0, 0.1) is 6.92 Å². The molecule has 1 atom stereocenters. The molecule has 1 unspecified atom stereocenters. The lowest BCUT2D eigenvalue weighted by Gasteiger charge is -2.48. The molecular formula is C16H23N3O2. The fourth-order valence-electron chi connectivity index (χ4n) is 2.59. The van der Waals surface area contributed by atoms with E-state index in [2.05, 4.69) is 10.3 Å². The normalized spacial score (nSPS) is 24.9. The molecule has 0 radical (unpaired) electrons. The summed E-state index contributed by atoms with van der Waals surface area (Å²) in [6.45, 7) is 9.52. The van der Waals surface area contributed by atoms with Gasteiger partial charge in [-0.3, -0.25) is 14.6 Å². The first-order valence-electron chi connectivity index (χ1n) is 7.27. The van der Waals surface area contributed by atoms with Crippen LogP contribution >= 0.6 is 0 Å². The Kier molecular flexibility index (Phi) is 3.78. The van der Waals surface area contributed by atoms with Crippen LogP contribution in [0.3, 0.4) is 0 Å². The number of hydrogen-bond acceptors (Lipinski definition) is 3. The van der Waals surface area contributed by atoms with E-state index in [9.17, 15) is 9.59 Å². The number of aryl methyl sites for hydroxylation is 1. The highest BCUT2D eigenvalue weighted by Crippen LogP contribution is 2.30. The average molecular weight is 289 g/mol. The van der Waals surface area contributed by atoms with E-state index >= 15 is 0 Å². The molecule has 0 aliphatic carbocycles. The number of pyridine rings is 1. The molecule has 2 amide bonds. The van der Waals surface area contributed by atoms with Crippen LogP contribution in [-0.4, -0.2) is 32.8 Å². The summed E-state index contributed by atoms with van der Waals surface area (Å²) in [7, 11) is 0. The Morgan fingerprint density at radius 1 is 1.29 bits per heavy atom. The van der Waals surface area contributed by atoms with Crippen LogP contribution in [0.4, 0.5) is 0 Å². The molecule has 5 heteroatoms. The van der Waals surface area contributed by atoms with Gasteiger partial charge in [-0.2, -0.15) is 0 Å². The highest BCUT2D eigenvalue weighted by molar-refractivity contribution is 6.01. The van der Waals surface area contributed by atoms with Crippen molar-refractivity contribution >= 4 is 11.8 Å². The van der Waals surface area contributed by atoms with Crippen molar-refractivity contribution in [1.82, 2.24) is 15.2 Å². The first-order chi connectivity index (χ1) is 9.72. The SMILES string of the molecule is CCC1(C)C(=O)NC(C)(C)C(=O)N1Cc1ncccc1C. The lowest BCUT2D eigenvalue weighted by molar-refractivity contribution is -0.162. The molecule has 5 nitrogen and oxygen atoms in total. The topological polar surface area (TPSA) is 62.3 Å². The number of amides is 2. The van der Waals surface area contributed by atoms with Crippen molar-refractivity contribution < 1.29 is 9.59 Å². The number of nitrogens with zero attached hydrogens (tertiary/aromatic N) is 2. The van der Waals surface area contributed by atoms with Crippen molar-refractivity contribution in [2.75, 3.05) is 0 Å². The number of rotatable bonds is 3. The second-order valence-corrected chi connectivity index (χ2v) is 6.36. The largest absolute Gasteiger partial charge is 0.340 e. The molecule has 0 saturated carbocycles. The molecule has 0 spiro atoms. The molecule has 1 saturated heterocycles. The van der Waals surface area contributed by atoms with Crippen LogP contribution in [0.15, 0.2) is 18.3 Å². The van der Waals surface area contributed by atoms with Gasteiger partial charge in [-0.25, -0.2) is 0 Å². The Balaban J connectivity index is 2.43. The Hall–Kier alpha value is -1.91. The van der Waals surface area contributed by atoms with Gasteiger partial charge in [-0.1, -0.05) is 13.0 Å². The zero-order valence-electron chi connectivity index (χ0n) is 13.4. The molecule has 1 aromatic rings. The third kappa shape index (κ3) is 2.52. The minimum absolute atomic E-state index is 0.0727. The summed E-state index contributed by atoms with van der Waals surface area (Å²) in [5.41, 5.74) is 0.133. The number of piperazine rings is 1. The van der Waals surface area contributed by atoms with Gasteiger partial charge >= 0.3 is 0 Å². The van der Waals surface area contributed by atoms with Gasteiger partial charge in [0.05, 0.1) is 12.2 Å². The van der Waals surface area contributed by atoms with Gasteiger partial charge in [0.2, 0.25) is 11.8 Å². The summed E-state index contributed by atoms with van der Waals surface area (Å²) in [6, 6.07) is 3.83. The third-order valence-electron chi connectivity index (χ3n) is 4.40. The molecule has 1 aliphatic heterocycles. The molecule has 1 N–H and O–H groups in total. The zero-order valence-corrected chi connectivity index (χ0v) is 13.4. The molecule has 1 aliphatic rings. The number of nitrogens with one attached hydrogen (secondary N) is 1. The number of aromatic nitrogens is 1. The lowest BCUT2D eigenvalue weighted by atomic mass is 9.86. The van der Waals surface area contributed by atoms with Crippen LogP contribution in [0.1, 0.15) is 45.4 Å². The summed E-state index contributed by atoms with van der Waals surface area (Å²) in [6.07, 6.45) is 2.28.